The largest absolute Gasteiger partial charge is 0.487 e. The third-order valence-electron chi connectivity index (χ3n) is 3.73. The van der Waals surface area contributed by atoms with Crippen LogP contribution in [0.25, 0.3) is 6.08 Å². The van der Waals surface area contributed by atoms with E-state index in [1.165, 1.54) is 4.90 Å². The molecule has 0 N–H and O–H groups in total. The second-order valence-corrected chi connectivity index (χ2v) is 8.99. The number of halogens is 2. The van der Waals surface area contributed by atoms with E-state index < -0.39 is 0 Å². The van der Waals surface area contributed by atoms with Crippen molar-refractivity contribution in [2.24, 2.45) is 0 Å². The van der Waals surface area contributed by atoms with E-state index in [0.29, 0.717) is 11.5 Å². The number of ether oxygens (including phenoxy) is 1. The minimum Gasteiger partial charge on any atom is -0.487 e. The summed E-state index contributed by atoms with van der Waals surface area (Å²) in [7, 11) is 0. The number of hydrogen-bond donors (Lipinski definition) is 0. The molecule has 3 rings (SSSR count). The topological polar surface area (TPSA) is 46.6 Å². The number of benzene rings is 2. The average molecular weight is 603 g/mol. The monoisotopic (exact) mass is 603 g/mol. The molecule has 1 fully saturated rings. The van der Waals surface area contributed by atoms with E-state index in [4.69, 9.17) is 4.74 Å². The first-order valence-electron chi connectivity index (χ1n) is 8.01. The lowest BCUT2D eigenvalue weighted by Gasteiger charge is -2.12. The van der Waals surface area contributed by atoms with Gasteiger partial charge in [0.15, 0.2) is 0 Å². The second-order valence-electron chi connectivity index (χ2n) is 5.67. The Kier molecular flexibility index (Phi) is 6.99. The zero-order valence-electron chi connectivity index (χ0n) is 14.2. The van der Waals surface area contributed by atoms with Crippen LogP contribution in [0, 0.1) is 7.14 Å². The van der Waals surface area contributed by atoms with Gasteiger partial charge in [0, 0.05) is 6.54 Å². The molecule has 1 saturated heterocycles. The summed E-state index contributed by atoms with van der Waals surface area (Å²) in [6.07, 6.45) is 3.29. The van der Waals surface area contributed by atoms with Crippen LogP contribution >= 0.6 is 56.9 Å². The third kappa shape index (κ3) is 4.94. The highest BCUT2D eigenvalue weighted by Gasteiger charge is 2.34. The molecule has 0 atom stereocenters. The Labute approximate surface area is 189 Å². The van der Waals surface area contributed by atoms with Crippen molar-refractivity contribution in [2.45, 2.75) is 6.61 Å². The number of carbonyl (C=O) groups is 2. The molecule has 0 radical (unpaired) electrons. The van der Waals surface area contributed by atoms with Gasteiger partial charge in [-0.1, -0.05) is 36.4 Å². The van der Waals surface area contributed by atoms with Gasteiger partial charge in [-0.2, -0.15) is 0 Å². The Morgan fingerprint density at radius 2 is 1.78 bits per heavy atom. The predicted octanol–water partition coefficient (Wildman–Crippen LogP) is 5.70. The van der Waals surface area contributed by atoms with Gasteiger partial charge in [-0.15, -0.1) is 6.58 Å². The number of nitrogens with zero attached hydrogens (tertiary/aromatic N) is 1. The van der Waals surface area contributed by atoms with Crippen LogP contribution in [0.4, 0.5) is 4.79 Å². The Hall–Kier alpha value is -1.33. The van der Waals surface area contributed by atoms with Gasteiger partial charge in [0.25, 0.3) is 11.1 Å². The van der Waals surface area contributed by atoms with Gasteiger partial charge in [-0.25, -0.2) is 0 Å². The lowest BCUT2D eigenvalue weighted by atomic mass is 10.2. The fraction of sp³-hybridized carbons (Fsp3) is 0.100. The number of rotatable bonds is 6. The van der Waals surface area contributed by atoms with Gasteiger partial charge in [0.2, 0.25) is 0 Å². The van der Waals surface area contributed by atoms with Gasteiger partial charge in [-0.3, -0.25) is 14.5 Å². The van der Waals surface area contributed by atoms with Gasteiger partial charge < -0.3 is 4.74 Å². The van der Waals surface area contributed by atoms with E-state index >= 15 is 0 Å². The Morgan fingerprint density at radius 3 is 2.41 bits per heavy atom. The van der Waals surface area contributed by atoms with Crippen LogP contribution in [0.3, 0.4) is 0 Å². The molecule has 2 aromatic rings. The summed E-state index contributed by atoms with van der Waals surface area (Å²) in [5.74, 6) is 0.538. The minimum atomic E-state index is -0.278. The summed E-state index contributed by atoms with van der Waals surface area (Å²) in [4.78, 5) is 25.9. The summed E-state index contributed by atoms with van der Waals surface area (Å²) in [6, 6.07) is 13.9. The van der Waals surface area contributed by atoms with E-state index in [9.17, 15) is 9.59 Å². The minimum absolute atomic E-state index is 0.226. The normalized spacial score (nSPS) is 15.5. The van der Waals surface area contributed by atoms with Crippen molar-refractivity contribution in [1.82, 2.24) is 4.90 Å². The lowest BCUT2D eigenvalue weighted by Crippen LogP contribution is -2.27. The van der Waals surface area contributed by atoms with Crippen molar-refractivity contribution >= 4 is 74.2 Å². The van der Waals surface area contributed by atoms with Crippen LogP contribution in [0.2, 0.25) is 0 Å². The number of imide groups is 1. The molecular formula is C20H15I2NO3S. The Bertz CT molecular complexity index is 905. The molecule has 138 valence electrons. The fourth-order valence-corrected chi connectivity index (χ4v) is 5.44. The van der Waals surface area contributed by atoms with Gasteiger partial charge >= 0.3 is 0 Å². The highest BCUT2D eigenvalue weighted by Crippen LogP contribution is 2.35. The van der Waals surface area contributed by atoms with Gasteiger partial charge in [-0.05, 0) is 86.3 Å². The maximum Gasteiger partial charge on any atom is 0.293 e. The molecule has 2 amide bonds. The van der Waals surface area contributed by atoms with Gasteiger partial charge in [0.1, 0.15) is 12.4 Å². The molecule has 1 aliphatic rings. The first-order chi connectivity index (χ1) is 13.0. The predicted molar refractivity (Wildman–Crippen MR) is 126 cm³/mol. The first kappa shape index (κ1) is 20.4. The van der Waals surface area contributed by atoms with E-state index in [1.54, 1.807) is 12.2 Å². The van der Waals surface area contributed by atoms with E-state index in [2.05, 4.69) is 51.8 Å². The number of hydrogen-bond acceptors (Lipinski definition) is 4. The van der Waals surface area contributed by atoms with Crippen LogP contribution < -0.4 is 4.74 Å². The molecule has 4 nitrogen and oxygen atoms in total. The highest BCUT2D eigenvalue weighted by atomic mass is 127. The van der Waals surface area contributed by atoms with Crippen molar-refractivity contribution in [1.29, 1.82) is 0 Å². The van der Waals surface area contributed by atoms with Crippen molar-refractivity contribution in [3.05, 3.63) is 78.3 Å². The smallest absolute Gasteiger partial charge is 0.293 e. The van der Waals surface area contributed by atoms with E-state index in [-0.39, 0.29) is 17.7 Å². The van der Waals surface area contributed by atoms with Crippen LogP contribution in [-0.2, 0) is 11.4 Å². The lowest BCUT2D eigenvalue weighted by molar-refractivity contribution is -0.122. The summed E-state index contributed by atoms with van der Waals surface area (Å²) in [5, 5.41) is -0.265. The molecule has 0 aliphatic carbocycles. The maximum absolute atomic E-state index is 12.3. The molecule has 0 unspecified atom stereocenters. The SMILES string of the molecule is C=CCN1C(=O)S/C(=C/c2cc(I)c(OCc3ccccc3)c(I)c2)C1=O. The second kappa shape index (κ2) is 9.24. The standard InChI is InChI=1S/C20H15I2NO3S/c1-2-8-23-19(24)17(27-20(23)25)11-14-9-15(21)18(16(22)10-14)26-12-13-6-4-3-5-7-13/h2-7,9-11H,1,8,12H2/b17-11+. The molecule has 1 aliphatic heterocycles. The van der Waals surface area contributed by atoms with E-state index in [1.807, 2.05) is 42.5 Å². The molecule has 0 bridgehead atoms. The first-order valence-corrected chi connectivity index (χ1v) is 11.0. The summed E-state index contributed by atoms with van der Waals surface area (Å²) >= 11 is 5.41. The average Bonchev–Trinajstić information content (AvgIpc) is 2.90. The molecule has 1 heterocycles. The third-order valence-corrected chi connectivity index (χ3v) is 6.24. The zero-order chi connectivity index (χ0) is 19.4. The molecule has 0 aromatic heterocycles. The highest BCUT2D eigenvalue weighted by molar-refractivity contribution is 14.1. The van der Waals surface area contributed by atoms with Gasteiger partial charge in [0.05, 0.1) is 12.0 Å². The van der Waals surface area contributed by atoms with E-state index in [0.717, 1.165) is 35.8 Å². The molecule has 0 saturated carbocycles. The summed E-state index contributed by atoms with van der Waals surface area (Å²) in [6.45, 7) is 4.30. The zero-order valence-corrected chi connectivity index (χ0v) is 19.3. The maximum atomic E-state index is 12.3. The Balaban J connectivity index is 1.79. The van der Waals surface area contributed by atoms with Crippen molar-refractivity contribution in [3.8, 4) is 5.75 Å². The number of thioether (sulfide) groups is 1. The van der Waals surface area contributed by atoms with Crippen molar-refractivity contribution in [3.63, 3.8) is 0 Å². The molecule has 7 heteroatoms. The Morgan fingerprint density at radius 1 is 1.11 bits per heavy atom. The molecule has 0 spiro atoms. The number of carbonyl (C=O) groups excluding carboxylic acids is 2. The van der Waals surface area contributed by atoms with Crippen molar-refractivity contribution in [2.75, 3.05) is 6.54 Å². The van der Waals surface area contributed by atoms with Crippen LogP contribution in [0.1, 0.15) is 11.1 Å². The quantitative estimate of drug-likeness (QED) is 0.242. The number of amides is 2. The van der Waals surface area contributed by atoms with Crippen LogP contribution in [-0.4, -0.2) is 22.6 Å². The summed E-state index contributed by atoms with van der Waals surface area (Å²) in [5.41, 5.74) is 1.96. The van der Waals surface area contributed by atoms with Crippen molar-refractivity contribution < 1.29 is 14.3 Å². The van der Waals surface area contributed by atoms with Crippen LogP contribution in [0.5, 0.6) is 5.75 Å². The summed E-state index contributed by atoms with van der Waals surface area (Å²) < 4.78 is 7.89. The fourth-order valence-electron chi connectivity index (χ4n) is 2.47. The molecular weight excluding hydrogens is 588 g/mol. The van der Waals surface area contributed by atoms with Crippen LogP contribution in [0.15, 0.2) is 60.0 Å². The molecule has 27 heavy (non-hydrogen) atoms. The molecule has 2 aromatic carbocycles.